The SMILES string of the molecule is COC(=O)C1CC2CC1CCC2C#N. The highest BCUT2D eigenvalue weighted by molar-refractivity contribution is 5.73. The summed E-state index contributed by atoms with van der Waals surface area (Å²) in [6.07, 6.45) is 3.92. The van der Waals surface area contributed by atoms with Gasteiger partial charge in [-0.25, -0.2) is 0 Å². The van der Waals surface area contributed by atoms with Crippen molar-refractivity contribution in [2.24, 2.45) is 23.7 Å². The molecule has 0 aliphatic heterocycles. The number of nitriles is 1. The first kappa shape index (κ1) is 9.51. The molecule has 4 atom stereocenters. The van der Waals surface area contributed by atoms with Gasteiger partial charge in [0.1, 0.15) is 0 Å². The molecule has 0 radical (unpaired) electrons. The lowest BCUT2D eigenvalue weighted by molar-refractivity contribution is -0.146. The summed E-state index contributed by atoms with van der Waals surface area (Å²) >= 11 is 0. The number of carbonyl (C=O) groups is 1. The minimum atomic E-state index is -0.0731. The van der Waals surface area contributed by atoms with E-state index < -0.39 is 0 Å². The van der Waals surface area contributed by atoms with E-state index in [1.165, 1.54) is 7.11 Å². The molecule has 0 aromatic carbocycles. The van der Waals surface area contributed by atoms with Crippen LogP contribution in [-0.4, -0.2) is 13.1 Å². The van der Waals surface area contributed by atoms with Gasteiger partial charge in [-0.05, 0) is 37.5 Å². The number of rotatable bonds is 1. The topological polar surface area (TPSA) is 50.1 Å². The number of nitrogens with zero attached hydrogens (tertiary/aromatic N) is 1. The molecule has 3 nitrogen and oxygen atoms in total. The summed E-state index contributed by atoms with van der Waals surface area (Å²) in [6, 6.07) is 2.36. The van der Waals surface area contributed by atoms with Crippen LogP contribution in [0.3, 0.4) is 0 Å². The van der Waals surface area contributed by atoms with Crippen LogP contribution in [0.2, 0.25) is 0 Å². The second kappa shape index (κ2) is 3.61. The lowest BCUT2D eigenvalue weighted by Crippen LogP contribution is -2.20. The molecule has 0 heterocycles. The highest BCUT2D eigenvalue weighted by Gasteiger charge is 2.45. The van der Waals surface area contributed by atoms with Gasteiger partial charge in [-0.2, -0.15) is 5.26 Å². The molecule has 76 valence electrons. The zero-order valence-corrected chi connectivity index (χ0v) is 8.40. The van der Waals surface area contributed by atoms with Crippen molar-refractivity contribution in [3.63, 3.8) is 0 Å². The number of ether oxygens (including phenoxy) is 1. The number of carbonyl (C=O) groups excluding carboxylic acids is 1. The van der Waals surface area contributed by atoms with Crippen molar-refractivity contribution in [1.82, 2.24) is 0 Å². The minimum absolute atomic E-state index is 0.0725. The van der Waals surface area contributed by atoms with Gasteiger partial charge in [0.2, 0.25) is 0 Å². The zero-order chi connectivity index (χ0) is 10.1. The van der Waals surface area contributed by atoms with Crippen molar-refractivity contribution in [2.75, 3.05) is 7.11 Å². The molecule has 14 heavy (non-hydrogen) atoms. The standard InChI is InChI=1S/C11H15NO2/c1-14-11(13)10-5-9-4-7(10)2-3-8(9)6-12/h7-10H,2-5H2,1H3. The Balaban J connectivity index is 2.08. The summed E-state index contributed by atoms with van der Waals surface area (Å²) in [4.78, 5) is 11.4. The predicted molar refractivity (Wildman–Crippen MR) is 50.1 cm³/mol. The lowest BCUT2D eigenvalue weighted by Gasteiger charge is -2.23. The third kappa shape index (κ3) is 1.39. The van der Waals surface area contributed by atoms with Crippen molar-refractivity contribution >= 4 is 5.97 Å². The Labute approximate surface area is 84.0 Å². The van der Waals surface area contributed by atoms with Gasteiger partial charge in [-0.3, -0.25) is 4.79 Å². The Morgan fingerprint density at radius 2 is 2.14 bits per heavy atom. The monoisotopic (exact) mass is 193 g/mol. The maximum absolute atomic E-state index is 11.4. The summed E-state index contributed by atoms with van der Waals surface area (Å²) in [5.74, 6) is 1.11. The highest BCUT2D eigenvalue weighted by Crippen LogP contribution is 2.48. The van der Waals surface area contributed by atoms with E-state index in [1.54, 1.807) is 0 Å². The molecule has 0 spiro atoms. The molecule has 2 aliphatic rings. The van der Waals surface area contributed by atoms with E-state index in [9.17, 15) is 4.79 Å². The van der Waals surface area contributed by atoms with Crippen LogP contribution in [0.5, 0.6) is 0 Å². The molecular formula is C11H15NO2. The molecule has 0 N–H and O–H groups in total. The molecule has 0 saturated heterocycles. The maximum atomic E-state index is 11.4. The molecule has 2 aliphatic carbocycles. The fourth-order valence-corrected chi connectivity index (χ4v) is 3.05. The van der Waals surface area contributed by atoms with E-state index in [-0.39, 0.29) is 17.8 Å². The van der Waals surface area contributed by atoms with Crippen molar-refractivity contribution in [3.8, 4) is 6.07 Å². The zero-order valence-electron chi connectivity index (χ0n) is 8.40. The Morgan fingerprint density at radius 1 is 1.36 bits per heavy atom. The minimum Gasteiger partial charge on any atom is -0.469 e. The van der Waals surface area contributed by atoms with Crippen molar-refractivity contribution in [1.29, 1.82) is 5.26 Å². The average Bonchev–Trinajstić information content (AvgIpc) is 2.56. The number of hydrogen-bond donors (Lipinski definition) is 0. The van der Waals surface area contributed by atoms with Crippen LogP contribution in [0.15, 0.2) is 0 Å². The van der Waals surface area contributed by atoms with Crippen molar-refractivity contribution < 1.29 is 9.53 Å². The van der Waals surface area contributed by atoms with Gasteiger partial charge in [-0.1, -0.05) is 0 Å². The second-order valence-electron chi connectivity index (χ2n) is 4.43. The summed E-state index contributed by atoms with van der Waals surface area (Å²) in [7, 11) is 1.45. The Kier molecular flexibility index (Phi) is 2.45. The molecule has 2 bridgehead atoms. The van der Waals surface area contributed by atoms with Crippen LogP contribution in [0.25, 0.3) is 0 Å². The van der Waals surface area contributed by atoms with Crippen LogP contribution >= 0.6 is 0 Å². The summed E-state index contributed by atoms with van der Waals surface area (Å²) in [5, 5.41) is 8.93. The van der Waals surface area contributed by atoms with E-state index in [2.05, 4.69) is 6.07 Å². The van der Waals surface area contributed by atoms with Crippen LogP contribution < -0.4 is 0 Å². The first-order valence-corrected chi connectivity index (χ1v) is 5.23. The van der Waals surface area contributed by atoms with E-state index in [1.807, 2.05) is 0 Å². The Hall–Kier alpha value is -1.04. The summed E-state index contributed by atoms with van der Waals surface area (Å²) in [5.41, 5.74) is 0. The van der Waals surface area contributed by atoms with Gasteiger partial charge < -0.3 is 4.74 Å². The van der Waals surface area contributed by atoms with Gasteiger partial charge in [0.15, 0.2) is 0 Å². The second-order valence-corrected chi connectivity index (χ2v) is 4.43. The van der Waals surface area contributed by atoms with Crippen LogP contribution in [0.4, 0.5) is 0 Å². The molecule has 0 aromatic rings. The highest BCUT2D eigenvalue weighted by atomic mass is 16.5. The third-order valence-electron chi connectivity index (χ3n) is 3.82. The third-order valence-corrected chi connectivity index (χ3v) is 3.82. The quantitative estimate of drug-likeness (QED) is 0.596. The van der Waals surface area contributed by atoms with Gasteiger partial charge in [0.05, 0.1) is 19.1 Å². The number of fused-ring (bicyclic) bond motifs is 2. The largest absolute Gasteiger partial charge is 0.469 e. The van der Waals surface area contributed by atoms with Crippen LogP contribution in [-0.2, 0) is 9.53 Å². The molecule has 0 aromatic heterocycles. The Morgan fingerprint density at radius 3 is 2.79 bits per heavy atom. The van der Waals surface area contributed by atoms with Crippen molar-refractivity contribution in [3.05, 3.63) is 0 Å². The lowest BCUT2D eigenvalue weighted by atomic mass is 9.80. The predicted octanol–water partition coefficient (Wildman–Crippen LogP) is 1.74. The van der Waals surface area contributed by atoms with E-state index in [0.29, 0.717) is 11.8 Å². The molecule has 0 amide bonds. The molecule has 2 saturated carbocycles. The van der Waals surface area contributed by atoms with E-state index in [4.69, 9.17) is 10.00 Å². The van der Waals surface area contributed by atoms with E-state index in [0.717, 1.165) is 25.7 Å². The first-order chi connectivity index (χ1) is 6.76. The Bertz CT molecular complexity index is 282. The first-order valence-electron chi connectivity index (χ1n) is 5.23. The molecular weight excluding hydrogens is 178 g/mol. The number of methoxy groups -OCH3 is 1. The van der Waals surface area contributed by atoms with Gasteiger partial charge in [-0.15, -0.1) is 0 Å². The van der Waals surface area contributed by atoms with Crippen LogP contribution in [0.1, 0.15) is 25.7 Å². The van der Waals surface area contributed by atoms with Crippen LogP contribution in [0, 0.1) is 35.0 Å². The maximum Gasteiger partial charge on any atom is 0.308 e. The number of hydrogen-bond acceptors (Lipinski definition) is 3. The number of esters is 1. The van der Waals surface area contributed by atoms with Crippen molar-refractivity contribution in [2.45, 2.75) is 25.7 Å². The molecule has 3 heteroatoms. The normalized spacial score (nSPS) is 40.3. The molecule has 2 rings (SSSR count). The average molecular weight is 193 g/mol. The van der Waals surface area contributed by atoms with E-state index >= 15 is 0 Å². The van der Waals surface area contributed by atoms with Gasteiger partial charge >= 0.3 is 5.97 Å². The molecule has 2 fully saturated rings. The fraction of sp³-hybridized carbons (Fsp3) is 0.818. The fourth-order valence-electron chi connectivity index (χ4n) is 3.05. The summed E-state index contributed by atoms with van der Waals surface area (Å²) in [6.45, 7) is 0. The summed E-state index contributed by atoms with van der Waals surface area (Å²) < 4.78 is 4.79. The smallest absolute Gasteiger partial charge is 0.308 e. The molecule has 4 unspecified atom stereocenters. The van der Waals surface area contributed by atoms with Gasteiger partial charge in [0.25, 0.3) is 0 Å². The van der Waals surface area contributed by atoms with Gasteiger partial charge in [0, 0.05) is 5.92 Å².